The van der Waals surface area contributed by atoms with Crippen LogP contribution in [0, 0.1) is 6.92 Å². The van der Waals surface area contributed by atoms with Crippen molar-refractivity contribution in [3.05, 3.63) is 72.4 Å². The van der Waals surface area contributed by atoms with Crippen molar-refractivity contribution in [2.75, 3.05) is 13.7 Å². The van der Waals surface area contributed by atoms with Crippen molar-refractivity contribution in [1.29, 1.82) is 0 Å². The normalized spacial score (nSPS) is 11.2. The summed E-state index contributed by atoms with van der Waals surface area (Å²) in [6, 6.07) is 14.3. The summed E-state index contributed by atoms with van der Waals surface area (Å²) in [7, 11) is 1.69. The van der Waals surface area contributed by atoms with E-state index in [-0.39, 0.29) is 0 Å². The molecule has 4 aromatic rings. The van der Waals surface area contributed by atoms with Gasteiger partial charge < -0.3 is 19.6 Å². The van der Waals surface area contributed by atoms with Gasteiger partial charge in [-0.25, -0.2) is 4.98 Å². The van der Waals surface area contributed by atoms with Crippen LogP contribution in [0.3, 0.4) is 0 Å². The molecule has 1 amide bonds. The first-order valence-electron chi connectivity index (χ1n) is 9.61. The molecular weight excluding hydrogens is 364 g/mol. The predicted molar refractivity (Wildman–Crippen MR) is 114 cm³/mol. The third-order valence-corrected chi connectivity index (χ3v) is 5.26. The molecule has 6 nitrogen and oxygen atoms in total. The van der Waals surface area contributed by atoms with Crippen LogP contribution in [0.4, 0.5) is 0 Å². The van der Waals surface area contributed by atoms with Crippen molar-refractivity contribution in [2.45, 2.75) is 19.9 Å². The summed E-state index contributed by atoms with van der Waals surface area (Å²) in [5.74, 6) is 0.460. The van der Waals surface area contributed by atoms with E-state index in [9.17, 15) is 4.79 Å². The van der Waals surface area contributed by atoms with E-state index in [0.29, 0.717) is 12.2 Å². The Morgan fingerprint density at radius 1 is 1.14 bits per heavy atom. The van der Waals surface area contributed by atoms with Crippen molar-refractivity contribution in [3.8, 4) is 16.9 Å². The number of imidazole rings is 1. The number of nitrogens with two attached hydrogens (primary N) is 1. The molecule has 0 unspecified atom stereocenters. The Bertz CT molecular complexity index is 1170. The van der Waals surface area contributed by atoms with Gasteiger partial charge >= 0.3 is 0 Å². The lowest BCUT2D eigenvalue weighted by atomic mass is 9.96. The Hall–Kier alpha value is -3.38. The van der Waals surface area contributed by atoms with Crippen LogP contribution < -0.4 is 5.73 Å². The monoisotopic (exact) mass is 388 g/mol. The first-order chi connectivity index (χ1) is 14.1. The molecule has 4 rings (SSSR count). The molecular formula is C23H24N4O2. The van der Waals surface area contributed by atoms with Crippen molar-refractivity contribution in [3.63, 3.8) is 0 Å². The Balaban J connectivity index is 1.88. The first kappa shape index (κ1) is 19.0. The lowest BCUT2D eigenvalue weighted by Gasteiger charge is -2.10. The zero-order valence-electron chi connectivity index (χ0n) is 16.6. The highest BCUT2D eigenvalue weighted by Crippen LogP contribution is 2.34. The summed E-state index contributed by atoms with van der Waals surface area (Å²) in [6.07, 6.45) is 6.46. The van der Waals surface area contributed by atoms with Gasteiger partial charge in [0.15, 0.2) is 0 Å². The molecule has 29 heavy (non-hydrogen) atoms. The van der Waals surface area contributed by atoms with E-state index < -0.39 is 5.91 Å². The standard InChI is InChI=1S/C23H24N4O2/c1-16-22(23(24)28)20(19-10-5-8-17-7-3-4-9-18(17)19)14-27(16)21-13-25-15-26(21)11-6-12-29-2/h3-5,7-10,13-15H,6,11-12H2,1-2H3,(H2,24,28). The molecule has 0 saturated carbocycles. The Morgan fingerprint density at radius 2 is 1.93 bits per heavy atom. The Labute approximate surface area is 169 Å². The van der Waals surface area contributed by atoms with Gasteiger partial charge in [0.1, 0.15) is 5.82 Å². The number of aryl methyl sites for hydroxylation is 1. The topological polar surface area (TPSA) is 75.1 Å². The van der Waals surface area contributed by atoms with Gasteiger partial charge in [0.25, 0.3) is 5.91 Å². The number of fused-ring (bicyclic) bond motifs is 1. The maximum Gasteiger partial charge on any atom is 0.251 e. The van der Waals surface area contributed by atoms with Crippen LogP contribution >= 0.6 is 0 Å². The number of primary amides is 1. The highest BCUT2D eigenvalue weighted by molar-refractivity contribution is 6.06. The van der Waals surface area contributed by atoms with E-state index in [1.807, 2.05) is 42.0 Å². The number of hydrogen-bond donors (Lipinski definition) is 1. The number of ether oxygens (including phenoxy) is 1. The van der Waals surface area contributed by atoms with Crippen molar-refractivity contribution >= 4 is 16.7 Å². The van der Waals surface area contributed by atoms with Gasteiger partial charge in [0, 0.05) is 37.7 Å². The van der Waals surface area contributed by atoms with E-state index in [1.165, 1.54) is 0 Å². The van der Waals surface area contributed by atoms with E-state index in [0.717, 1.165) is 46.4 Å². The number of nitrogens with zero attached hydrogens (tertiary/aromatic N) is 3. The fourth-order valence-electron chi connectivity index (χ4n) is 3.89. The molecule has 2 aromatic heterocycles. The van der Waals surface area contributed by atoms with Gasteiger partial charge in [-0.15, -0.1) is 0 Å². The molecule has 0 atom stereocenters. The van der Waals surface area contributed by atoms with Crippen LogP contribution in [0.5, 0.6) is 0 Å². The predicted octanol–water partition coefficient (Wildman–Crippen LogP) is 3.94. The molecule has 0 aliphatic rings. The van der Waals surface area contributed by atoms with Crippen LogP contribution in [-0.4, -0.2) is 33.7 Å². The van der Waals surface area contributed by atoms with Crippen molar-refractivity contribution < 1.29 is 9.53 Å². The van der Waals surface area contributed by atoms with Gasteiger partial charge in [-0.05, 0) is 29.7 Å². The van der Waals surface area contributed by atoms with E-state index in [2.05, 4.69) is 27.8 Å². The van der Waals surface area contributed by atoms with Gasteiger partial charge in [0.2, 0.25) is 0 Å². The quantitative estimate of drug-likeness (QED) is 0.487. The van der Waals surface area contributed by atoms with Gasteiger partial charge in [-0.3, -0.25) is 4.79 Å². The molecule has 0 aliphatic carbocycles. The molecule has 0 saturated heterocycles. The summed E-state index contributed by atoms with van der Waals surface area (Å²) >= 11 is 0. The number of carbonyl (C=O) groups excluding carboxylic acids is 1. The third kappa shape index (κ3) is 3.43. The Kier molecular flexibility index (Phi) is 5.18. The number of methoxy groups -OCH3 is 1. The highest BCUT2D eigenvalue weighted by Gasteiger charge is 2.21. The molecule has 0 spiro atoms. The fourth-order valence-corrected chi connectivity index (χ4v) is 3.89. The van der Waals surface area contributed by atoms with E-state index >= 15 is 0 Å². The molecule has 0 aliphatic heterocycles. The lowest BCUT2D eigenvalue weighted by Crippen LogP contribution is -2.14. The van der Waals surface area contributed by atoms with Crippen LogP contribution in [0.15, 0.2) is 61.2 Å². The average molecular weight is 388 g/mol. The Morgan fingerprint density at radius 3 is 2.72 bits per heavy atom. The summed E-state index contributed by atoms with van der Waals surface area (Å²) < 4.78 is 9.22. The number of amides is 1. The summed E-state index contributed by atoms with van der Waals surface area (Å²) in [5.41, 5.74) is 8.96. The van der Waals surface area contributed by atoms with Gasteiger partial charge in [0.05, 0.1) is 18.1 Å². The molecule has 2 aromatic carbocycles. The summed E-state index contributed by atoms with van der Waals surface area (Å²) in [5, 5.41) is 2.21. The summed E-state index contributed by atoms with van der Waals surface area (Å²) in [6.45, 7) is 3.37. The highest BCUT2D eigenvalue weighted by atomic mass is 16.5. The molecule has 0 bridgehead atoms. The number of aromatic nitrogens is 3. The number of benzene rings is 2. The minimum Gasteiger partial charge on any atom is -0.385 e. The van der Waals surface area contributed by atoms with Crippen LogP contribution in [0.25, 0.3) is 27.7 Å². The largest absolute Gasteiger partial charge is 0.385 e. The average Bonchev–Trinajstić information content (AvgIpc) is 3.31. The molecule has 6 heteroatoms. The SMILES string of the molecule is COCCCn1cncc1-n1cc(-c2cccc3ccccc23)c(C(N)=O)c1C. The second-order valence-electron chi connectivity index (χ2n) is 7.06. The number of hydrogen-bond acceptors (Lipinski definition) is 3. The zero-order valence-corrected chi connectivity index (χ0v) is 16.6. The van der Waals surface area contributed by atoms with Crippen molar-refractivity contribution in [1.82, 2.24) is 14.1 Å². The van der Waals surface area contributed by atoms with Crippen LogP contribution in [-0.2, 0) is 11.3 Å². The fraction of sp³-hybridized carbons (Fsp3) is 0.217. The third-order valence-electron chi connectivity index (χ3n) is 5.26. The minimum atomic E-state index is -0.436. The zero-order chi connectivity index (χ0) is 20.4. The minimum absolute atomic E-state index is 0.436. The molecule has 2 N–H and O–H groups in total. The molecule has 2 heterocycles. The van der Waals surface area contributed by atoms with Crippen LogP contribution in [0.2, 0.25) is 0 Å². The van der Waals surface area contributed by atoms with E-state index in [4.69, 9.17) is 10.5 Å². The van der Waals surface area contributed by atoms with Crippen LogP contribution in [0.1, 0.15) is 22.5 Å². The molecule has 0 radical (unpaired) electrons. The molecule has 148 valence electrons. The van der Waals surface area contributed by atoms with Gasteiger partial charge in [-0.1, -0.05) is 42.5 Å². The smallest absolute Gasteiger partial charge is 0.251 e. The molecule has 0 fully saturated rings. The second-order valence-corrected chi connectivity index (χ2v) is 7.06. The number of carbonyl (C=O) groups is 1. The maximum absolute atomic E-state index is 12.4. The summed E-state index contributed by atoms with van der Waals surface area (Å²) in [4.78, 5) is 16.7. The lowest BCUT2D eigenvalue weighted by molar-refractivity contribution is 0.100. The van der Waals surface area contributed by atoms with Crippen molar-refractivity contribution in [2.24, 2.45) is 5.73 Å². The second kappa shape index (κ2) is 7.93. The first-order valence-corrected chi connectivity index (χ1v) is 9.61. The van der Waals surface area contributed by atoms with Gasteiger partial charge in [-0.2, -0.15) is 0 Å². The number of rotatable bonds is 7. The van der Waals surface area contributed by atoms with E-state index in [1.54, 1.807) is 19.6 Å². The maximum atomic E-state index is 12.4.